The normalized spacial score (nSPS) is 20.2. The van der Waals surface area contributed by atoms with Crippen molar-refractivity contribution in [2.75, 3.05) is 12.4 Å². The van der Waals surface area contributed by atoms with Gasteiger partial charge in [-0.3, -0.25) is 0 Å². The molecule has 1 N–H and O–H groups in total. The number of benzene rings is 1. The van der Waals surface area contributed by atoms with E-state index in [1.54, 1.807) is 12.1 Å². The summed E-state index contributed by atoms with van der Waals surface area (Å²) in [6, 6.07) is 6.20. The first-order valence-electron chi connectivity index (χ1n) is 6.99. The second kappa shape index (κ2) is 5.43. The molecule has 0 aliphatic heterocycles. The Kier molecular flexibility index (Phi) is 4.02. The summed E-state index contributed by atoms with van der Waals surface area (Å²) in [6.45, 7) is 4.41. The number of hydrogen-bond acceptors (Lipinski definition) is 3. The molecule has 2 rings (SSSR count). The largest absolute Gasteiger partial charge is 0.467 e. The van der Waals surface area contributed by atoms with Crippen LogP contribution in [0.2, 0.25) is 0 Å². The minimum atomic E-state index is -0.738. The molecule has 0 atom stereocenters. The molecule has 1 aliphatic rings. The minimum absolute atomic E-state index is 0.237. The molecule has 0 radical (unpaired) electrons. The molecule has 1 saturated carbocycles. The summed E-state index contributed by atoms with van der Waals surface area (Å²) in [5, 5.41) is 3.21. The summed E-state index contributed by atoms with van der Waals surface area (Å²) >= 11 is 0. The van der Waals surface area contributed by atoms with Gasteiger partial charge in [-0.1, -0.05) is 19.9 Å². The molecule has 1 aliphatic carbocycles. The highest BCUT2D eigenvalue weighted by atomic mass is 19.1. The van der Waals surface area contributed by atoms with Crippen LogP contribution in [-0.4, -0.2) is 18.6 Å². The Hall–Kier alpha value is -1.58. The van der Waals surface area contributed by atoms with Crippen LogP contribution in [0.1, 0.15) is 39.5 Å². The van der Waals surface area contributed by atoms with Crippen molar-refractivity contribution >= 4 is 11.7 Å². The number of carbonyl (C=O) groups is 1. The molecule has 4 heteroatoms. The van der Waals surface area contributed by atoms with Crippen LogP contribution in [0, 0.1) is 11.2 Å². The van der Waals surface area contributed by atoms with Gasteiger partial charge in [0, 0.05) is 5.69 Å². The highest BCUT2D eigenvalue weighted by Gasteiger charge is 2.45. The van der Waals surface area contributed by atoms with Crippen LogP contribution in [0.15, 0.2) is 24.3 Å². The first-order valence-corrected chi connectivity index (χ1v) is 6.99. The molecule has 1 fully saturated rings. The Balaban J connectivity index is 2.23. The van der Waals surface area contributed by atoms with Gasteiger partial charge in [0.05, 0.1) is 7.11 Å². The molecule has 1 aromatic carbocycles. The summed E-state index contributed by atoms with van der Waals surface area (Å²) in [5.41, 5.74) is 0.120. The van der Waals surface area contributed by atoms with Gasteiger partial charge in [-0.15, -0.1) is 0 Å². The van der Waals surface area contributed by atoms with E-state index >= 15 is 0 Å². The maximum atomic E-state index is 13.3. The van der Waals surface area contributed by atoms with E-state index in [4.69, 9.17) is 4.74 Å². The smallest absolute Gasteiger partial charge is 0.331 e. The first kappa shape index (κ1) is 14.8. The lowest BCUT2D eigenvalue weighted by atomic mass is 9.69. The quantitative estimate of drug-likeness (QED) is 0.856. The third-order valence-corrected chi connectivity index (χ3v) is 4.24. The predicted molar refractivity (Wildman–Crippen MR) is 77.0 cm³/mol. The van der Waals surface area contributed by atoms with Gasteiger partial charge < -0.3 is 10.1 Å². The molecular formula is C16H22FNO2. The van der Waals surface area contributed by atoms with Crippen molar-refractivity contribution in [1.29, 1.82) is 0 Å². The molecule has 0 unspecified atom stereocenters. The Morgan fingerprint density at radius 1 is 1.25 bits per heavy atom. The van der Waals surface area contributed by atoms with Crippen molar-refractivity contribution in [3.8, 4) is 0 Å². The zero-order chi connectivity index (χ0) is 14.8. The Labute approximate surface area is 119 Å². The zero-order valence-electron chi connectivity index (χ0n) is 12.3. The standard InChI is InChI=1S/C16H22FNO2/c1-15(2)7-9-16(10-8-15,14(19)20-3)18-13-6-4-5-12(17)11-13/h4-6,11,18H,7-10H2,1-3H3. The second-order valence-corrected chi connectivity index (χ2v) is 6.37. The van der Waals surface area contributed by atoms with Crippen molar-refractivity contribution < 1.29 is 13.9 Å². The van der Waals surface area contributed by atoms with Crippen molar-refractivity contribution in [3.05, 3.63) is 30.1 Å². The van der Waals surface area contributed by atoms with E-state index in [-0.39, 0.29) is 17.2 Å². The van der Waals surface area contributed by atoms with E-state index in [0.29, 0.717) is 18.5 Å². The summed E-state index contributed by atoms with van der Waals surface area (Å²) in [6.07, 6.45) is 3.27. The molecule has 0 saturated heterocycles. The number of esters is 1. The third kappa shape index (κ3) is 3.11. The summed E-state index contributed by atoms with van der Waals surface area (Å²) in [7, 11) is 1.40. The van der Waals surface area contributed by atoms with Gasteiger partial charge in [0.1, 0.15) is 11.4 Å². The monoisotopic (exact) mass is 279 g/mol. The molecule has 20 heavy (non-hydrogen) atoms. The highest BCUT2D eigenvalue weighted by molar-refractivity contribution is 5.84. The fraction of sp³-hybridized carbons (Fsp3) is 0.562. The predicted octanol–water partition coefficient (Wildman–Crippen LogP) is 3.75. The van der Waals surface area contributed by atoms with Gasteiger partial charge >= 0.3 is 5.97 Å². The van der Waals surface area contributed by atoms with Gasteiger partial charge in [-0.2, -0.15) is 0 Å². The van der Waals surface area contributed by atoms with Crippen LogP contribution in [0.25, 0.3) is 0 Å². The number of halogens is 1. The van der Waals surface area contributed by atoms with E-state index in [2.05, 4.69) is 19.2 Å². The van der Waals surface area contributed by atoms with Gasteiger partial charge in [0.25, 0.3) is 0 Å². The van der Waals surface area contributed by atoms with Crippen LogP contribution in [0.3, 0.4) is 0 Å². The number of carbonyl (C=O) groups excluding carboxylic acids is 1. The molecule has 0 spiro atoms. The average Bonchev–Trinajstić information content (AvgIpc) is 2.41. The van der Waals surface area contributed by atoms with Crippen molar-refractivity contribution in [3.63, 3.8) is 0 Å². The maximum Gasteiger partial charge on any atom is 0.331 e. The van der Waals surface area contributed by atoms with Crippen molar-refractivity contribution in [2.24, 2.45) is 5.41 Å². The molecule has 0 amide bonds. The lowest BCUT2D eigenvalue weighted by molar-refractivity contribution is -0.148. The zero-order valence-corrected chi connectivity index (χ0v) is 12.3. The Morgan fingerprint density at radius 3 is 2.45 bits per heavy atom. The number of ether oxygens (including phenoxy) is 1. The topological polar surface area (TPSA) is 38.3 Å². The SMILES string of the molecule is COC(=O)C1(Nc2cccc(F)c2)CCC(C)(C)CC1. The van der Waals surface area contributed by atoms with Gasteiger partial charge in [-0.05, 0) is 49.3 Å². The number of methoxy groups -OCH3 is 1. The number of nitrogens with one attached hydrogen (secondary N) is 1. The van der Waals surface area contributed by atoms with Crippen LogP contribution in [0.4, 0.5) is 10.1 Å². The average molecular weight is 279 g/mol. The van der Waals surface area contributed by atoms with E-state index in [9.17, 15) is 9.18 Å². The van der Waals surface area contributed by atoms with Crippen LogP contribution in [0.5, 0.6) is 0 Å². The Morgan fingerprint density at radius 2 is 1.90 bits per heavy atom. The van der Waals surface area contributed by atoms with Crippen LogP contribution >= 0.6 is 0 Å². The first-order chi connectivity index (χ1) is 9.37. The van der Waals surface area contributed by atoms with E-state index < -0.39 is 5.54 Å². The number of hydrogen-bond donors (Lipinski definition) is 1. The molecule has 3 nitrogen and oxygen atoms in total. The number of rotatable bonds is 3. The third-order valence-electron chi connectivity index (χ3n) is 4.24. The fourth-order valence-electron chi connectivity index (χ4n) is 2.77. The van der Waals surface area contributed by atoms with E-state index in [1.807, 2.05) is 0 Å². The van der Waals surface area contributed by atoms with Gasteiger partial charge in [0.15, 0.2) is 0 Å². The molecule has 0 aromatic heterocycles. The van der Waals surface area contributed by atoms with Gasteiger partial charge in [-0.25, -0.2) is 9.18 Å². The van der Waals surface area contributed by atoms with E-state index in [0.717, 1.165) is 12.8 Å². The maximum absolute atomic E-state index is 13.3. The summed E-state index contributed by atoms with van der Waals surface area (Å²) in [4.78, 5) is 12.2. The minimum Gasteiger partial charge on any atom is -0.467 e. The second-order valence-electron chi connectivity index (χ2n) is 6.37. The molecular weight excluding hydrogens is 257 g/mol. The lowest BCUT2D eigenvalue weighted by Crippen LogP contribution is -2.51. The van der Waals surface area contributed by atoms with Crippen molar-refractivity contribution in [1.82, 2.24) is 0 Å². The van der Waals surface area contributed by atoms with Crippen LogP contribution in [-0.2, 0) is 9.53 Å². The molecule has 0 heterocycles. The molecule has 1 aromatic rings. The molecule has 0 bridgehead atoms. The van der Waals surface area contributed by atoms with Crippen LogP contribution < -0.4 is 5.32 Å². The van der Waals surface area contributed by atoms with Crippen molar-refractivity contribution in [2.45, 2.75) is 45.1 Å². The lowest BCUT2D eigenvalue weighted by Gasteiger charge is -2.42. The highest BCUT2D eigenvalue weighted by Crippen LogP contribution is 2.42. The van der Waals surface area contributed by atoms with Gasteiger partial charge in [0.2, 0.25) is 0 Å². The fourth-order valence-corrected chi connectivity index (χ4v) is 2.77. The van der Waals surface area contributed by atoms with E-state index in [1.165, 1.54) is 19.2 Å². The number of anilines is 1. The summed E-state index contributed by atoms with van der Waals surface area (Å²) < 4.78 is 18.3. The summed E-state index contributed by atoms with van der Waals surface area (Å²) in [5.74, 6) is -0.580. The Bertz CT molecular complexity index is 489. The molecule has 110 valence electrons.